The normalized spacial score (nSPS) is 14.1. The Labute approximate surface area is 173 Å². The van der Waals surface area contributed by atoms with E-state index in [1.165, 1.54) is 11.0 Å². The van der Waals surface area contributed by atoms with Crippen molar-refractivity contribution in [3.8, 4) is 11.5 Å². The molecular formula is C21H20N8O. The molecule has 1 fully saturated rings. The Bertz CT molecular complexity index is 1130. The van der Waals surface area contributed by atoms with Gasteiger partial charge in [0.05, 0.1) is 11.9 Å². The summed E-state index contributed by atoms with van der Waals surface area (Å²) in [7, 11) is 0. The van der Waals surface area contributed by atoms with Crippen LogP contribution in [0.25, 0.3) is 11.5 Å². The van der Waals surface area contributed by atoms with Gasteiger partial charge in [-0.1, -0.05) is 18.2 Å². The smallest absolute Gasteiger partial charge is 0.276 e. The van der Waals surface area contributed by atoms with Crippen molar-refractivity contribution < 1.29 is 4.79 Å². The minimum Gasteiger partial charge on any atom is -0.353 e. The summed E-state index contributed by atoms with van der Waals surface area (Å²) in [6.07, 6.45) is 7.00. The molecule has 0 unspecified atom stereocenters. The summed E-state index contributed by atoms with van der Waals surface area (Å²) in [5, 5.41) is 8.58. The Balaban J connectivity index is 1.25. The number of nitrogens with zero attached hydrogens (tertiary/aromatic N) is 8. The minimum atomic E-state index is -0.104. The third-order valence-corrected chi connectivity index (χ3v) is 5.10. The maximum absolute atomic E-state index is 12.9. The number of piperazine rings is 1. The topological polar surface area (TPSA) is 85.0 Å². The van der Waals surface area contributed by atoms with E-state index in [1.807, 2.05) is 70.4 Å². The van der Waals surface area contributed by atoms with Crippen LogP contribution in [-0.4, -0.2) is 66.5 Å². The lowest BCUT2D eigenvalue weighted by molar-refractivity contribution is 0.0740. The standard InChI is InChI=1S/C21H20N8O/c30-21(18-15-24-29(25-18)17-6-2-1-3-7-17)28-12-10-27(11-13-28)20-14-19(22-16-23-20)26-8-4-5-9-26/h1-9,14-16H,10-13H2. The van der Waals surface area contributed by atoms with Crippen molar-refractivity contribution in [3.05, 3.63) is 79.1 Å². The molecule has 0 aliphatic carbocycles. The molecule has 1 saturated heterocycles. The lowest BCUT2D eigenvalue weighted by Crippen LogP contribution is -2.49. The van der Waals surface area contributed by atoms with E-state index < -0.39 is 0 Å². The quantitative estimate of drug-likeness (QED) is 0.519. The van der Waals surface area contributed by atoms with Crippen LogP contribution in [0.2, 0.25) is 0 Å². The van der Waals surface area contributed by atoms with Gasteiger partial charge < -0.3 is 14.4 Å². The molecule has 0 saturated carbocycles. The monoisotopic (exact) mass is 400 g/mol. The van der Waals surface area contributed by atoms with Gasteiger partial charge in [0, 0.05) is 44.6 Å². The number of hydrogen-bond donors (Lipinski definition) is 0. The fraction of sp³-hybridized carbons (Fsp3) is 0.190. The highest BCUT2D eigenvalue weighted by atomic mass is 16.2. The molecule has 3 aromatic heterocycles. The van der Waals surface area contributed by atoms with Crippen molar-refractivity contribution in [2.24, 2.45) is 0 Å². The van der Waals surface area contributed by atoms with Crippen LogP contribution in [0.3, 0.4) is 0 Å². The number of amides is 1. The summed E-state index contributed by atoms with van der Waals surface area (Å²) in [4.78, 5) is 27.1. The zero-order valence-electron chi connectivity index (χ0n) is 16.2. The predicted molar refractivity (Wildman–Crippen MR) is 111 cm³/mol. The first-order valence-corrected chi connectivity index (χ1v) is 9.75. The zero-order chi connectivity index (χ0) is 20.3. The molecule has 1 aliphatic rings. The van der Waals surface area contributed by atoms with Crippen molar-refractivity contribution in [2.75, 3.05) is 31.1 Å². The SMILES string of the molecule is O=C(c1cnn(-c2ccccc2)n1)N1CCN(c2cc(-n3cccc3)ncn2)CC1. The fourth-order valence-corrected chi connectivity index (χ4v) is 3.49. The number of carbonyl (C=O) groups is 1. The summed E-state index contributed by atoms with van der Waals surface area (Å²) < 4.78 is 1.95. The predicted octanol–water partition coefficient (Wildman–Crippen LogP) is 1.81. The highest BCUT2D eigenvalue weighted by molar-refractivity contribution is 5.92. The maximum atomic E-state index is 12.9. The van der Waals surface area contributed by atoms with Gasteiger partial charge in [0.2, 0.25) is 0 Å². The van der Waals surface area contributed by atoms with Gasteiger partial charge in [-0.2, -0.15) is 9.90 Å². The summed E-state index contributed by atoms with van der Waals surface area (Å²) in [6.45, 7) is 2.58. The molecule has 1 amide bonds. The largest absolute Gasteiger partial charge is 0.353 e. The first-order valence-electron chi connectivity index (χ1n) is 9.75. The second-order valence-electron chi connectivity index (χ2n) is 6.96. The van der Waals surface area contributed by atoms with Crippen LogP contribution in [0.5, 0.6) is 0 Å². The van der Waals surface area contributed by atoms with E-state index in [0.29, 0.717) is 31.9 Å². The number of carbonyl (C=O) groups excluding carboxylic acids is 1. The van der Waals surface area contributed by atoms with E-state index in [-0.39, 0.29) is 5.91 Å². The summed E-state index contributed by atoms with van der Waals surface area (Å²) in [5.41, 5.74) is 1.17. The third-order valence-electron chi connectivity index (χ3n) is 5.10. The molecule has 150 valence electrons. The second-order valence-corrected chi connectivity index (χ2v) is 6.96. The van der Waals surface area contributed by atoms with Gasteiger partial charge in [-0.3, -0.25) is 4.79 Å². The highest BCUT2D eigenvalue weighted by Crippen LogP contribution is 2.17. The molecule has 0 N–H and O–H groups in total. The van der Waals surface area contributed by atoms with E-state index in [0.717, 1.165) is 17.3 Å². The lowest BCUT2D eigenvalue weighted by Gasteiger charge is -2.35. The Morgan fingerprint density at radius 1 is 0.867 bits per heavy atom. The third kappa shape index (κ3) is 3.52. The molecular weight excluding hydrogens is 380 g/mol. The van der Waals surface area contributed by atoms with Crippen molar-refractivity contribution in [1.82, 2.24) is 34.4 Å². The number of hydrogen-bond acceptors (Lipinski definition) is 6. The molecule has 5 rings (SSSR count). The van der Waals surface area contributed by atoms with Gasteiger partial charge in [0.1, 0.15) is 18.0 Å². The number of benzene rings is 1. The number of para-hydroxylation sites is 1. The van der Waals surface area contributed by atoms with E-state index in [1.54, 1.807) is 6.33 Å². The van der Waals surface area contributed by atoms with Crippen LogP contribution in [0.15, 0.2) is 73.4 Å². The van der Waals surface area contributed by atoms with Gasteiger partial charge >= 0.3 is 0 Å². The van der Waals surface area contributed by atoms with Gasteiger partial charge in [-0.05, 0) is 24.3 Å². The molecule has 4 heterocycles. The van der Waals surface area contributed by atoms with Crippen molar-refractivity contribution in [1.29, 1.82) is 0 Å². The number of rotatable bonds is 4. The van der Waals surface area contributed by atoms with E-state index in [9.17, 15) is 4.79 Å². The van der Waals surface area contributed by atoms with Gasteiger partial charge in [0.15, 0.2) is 5.69 Å². The van der Waals surface area contributed by atoms with Crippen LogP contribution >= 0.6 is 0 Å². The summed E-state index contributed by atoms with van der Waals surface area (Å²) in [5.74, 6) is 1.57. The second kappa shape index (κ2) is 7.78. The molecule has 0 spiro atoms. The summed E-state index contributed by atoms with van der Waals surface area (Å²) in [6, 6.07) is 15.4. The Hall–Kier alpha value is -4.01. The highest BCUT2D eigenvalue weighted by Gasteiger charge is 2.25. The minimum absolute atomic E-state index is 0.104. The lowest BCUT2D eigenvalue weighted by atomic mass is 10.3. The number of anilines is 1. The average molecular weight is 400 g/mol. The van der Waals surface area contributed by atoms with Gasteiger partial charge in [0.25, 0.3) is 5.91 Å². The van der Waals surface area contributed by atoms with E-state index in [4.69, 9.17) is 0 Å². The summed E-state index contributed by atoms with van der Waals surface area (Å²) >= 11 is 0. The molecule has 0 atom stereocenters. The molecule has 30 heavy (non-hydrogen) atoms. The molecule has 1 aliphatic heterocycles. The molecule has 9 nitrogen and oxygen atoms in total. The molecule has 4 aromatic rings. The van der Waals surface area contributed by atoms with Gasteiger partial charge in [-0.25, -0.2) is 9.97 Å². The maximum Gasteiger partial charge on any atom is 0.276 e. The molecule has 0 radical (unpaired) electrons. The Morgan fingerprint density at radius 3 is 2.37 bits per heavy atom. The van der Waals surface area contributed by atoms with Crippen molar-refractivity contribution in [3.63, 3.8) is 0 Å². The average Bonchev–Trinajstić information content (AvgIpc) is 3.52. The molecule has 1 aromatic carbocycles. The van der Waals surface area contributed by atoms with Gasteiger partial charge in [-0.15, -0.1) is 5.10 Å². The van der Waals surface area contributed by atoms with Crippen molar-refractivity contribution >= 4 is 11.7 Å². The molecule has 9 heteroatoms. The van der Waals surface area contributed by atoms with Crippen LogP contribution in [-0.2, 0) is 0 Å². The molecule has 0 bridgehead atoms. The fourth-order valence-electron chi connectivity index (χ4n) is 3.49. The van der Waals surface area contributed by atoms with Crippen LogP contribution in [0.1, 0.15) is 10.5 Å². The van der Waals surface area contributed by atoms with E-state index >= 15 is 0 Å². The van der Waals surface area contributed by atoms with Crippen LogP contribution < -0.4 is 4.90 Å². The first-order chi connectivity index (χ1) is 14.8. The van der Waals surface area contributed by atoms with Crippen LogP contribution in [0, 0.1) is 0 Å². The zero-order valence-corrected chi connectivity index (χ0v) is 16.2. The number of aromatic nitrogens is 6. The first kappa shape index (κ1) is 18.0. The Kier molecular flexibility index (Phi) is 4.68. The van der Waals surface area contributed by atoms with Crippen LogP contribution in [0.4, 0.5) is 5.82 Å². The van der Waals surface area contributed by atoms with Crippen molar-refractivity contribution in [2.45, 2.75) is 0 Å². The Morgan fingerprint density at radius 2 is 1.60 bits per heavy atom. The van der Waals surface area contributed by atoms with E-state index in [2.05, 4.69) is 25.1 Å².